The quantitative estimate of drug-likeness (QED) is 0.544. The van der Waals surface area contributed by atoms with E-state index in [0.717, 1.165) is 11.3 Å². The van der Waals surface area contributed by atoms with Gasteiger partial charge in [-0.25, -0.2) is 0 Å². The van der Waals surface area contributed by atoms with E-state index in [1.807, 2.05) is 0 Å². The maximum atomic E-state index is 2.42. The van der Waals surface area contributed by atoms with Crippen molar-refractivity contribution < 1.29 is 0 Å². The fraction of sp³-hybridized carbons (Fsp3) is 1.00. The van der Waals surface area contributed by atoms with Gasteiger partial charge in [-0.3, -0.25) is 0 Å². The fourth-order valence-corrected chi connectivity index (χ4v) is 1.57. The Morgan fingerprint density at radius 3 is 2.44 bits per heavy atom. The lowest BCUT2D eigenvalue weighted by molar-refractivity contribution is 0.453. The molecule has 54 valence electrons. The first-order chi connectivity index (χ1) is 4.19. The minimum absolute atomic E-state index is 0.760. The topological polar surface area (TPSA) is 0 Å². The highest BCUT2D eigenvalue weighted by Crippen LogP contribution is 2.55. The molecule has 2 unspecified atom stereocenters. The molecule has 9 heavy (non-hydrogen) atoms. The minimum atomic E-state index is 0.760. The smallest absolute Gasteiger partial charge is 0.0297 e. The van der Waals surface area contributed by atoms with Crippen molar-refractivity contribution in [3.05, 3.63) is 0 Å². The number of hydrogen-bond donors (Lipinski definition) is 0. The summed E-state index contributed by atoms with van der Waals surface area (Å²) in [5, 5.41) is 0. The molecule has 0 heterocycles. The molecule has 0 aromatic rings. The van der Waals surface area contributed by atoms with Crippen molar-refractivity contribution in [2.75, 3.05) is 0 Å². The molecule has 0 spiro atoms. The Kier molecular flexibility index (Phi) is 1.83. The zero-order chi connectivity index (χ0) is 6.91. The van der Waals surface area contributed by atoms with Gasteiger partial charge in [-0.2, -0.15) is 0 Å². The number of unbranched alkanes of at least 4 members (excludes halogenated alkanes) is 1. The third-order valence-electron chi connectivity index (χ3n) is 2.90. The van der Waals surface area contributed by atoms with E-state index < -0.39 is 0 Å². The average molecular weight is 126 g/mol. The zero-order valence-electron chi connectivity index (χ0n) is 6.91. The van der Waals surface area contributed by atoms with Crippen LogP contribution in [0.25, 0.3) is 0 Å². The van der Waals surface area contributed by atoms with Crippen LogP contribution in [0.1, 0.15) is 46.5 Å². The largest absolute Gasteiger partial charge is 0.0654 e. The lowest BCUT2D eigenvalue weighted by atomic mass is 9.99. The molecule has 2 atom stereocenters. The van der Waals surface area contributed by atoms with Crippen LogP contribution in [0.2, 0.25) is 0 Å². The normalized spacial score (nSPS) is 41.0. The molecule has 0 saturated heterocycles. The monoisotopic (exact) mass is 126 g/mol. The van der Waals surface area contributed by atoms with E-state index >= 15 is 0 Å². The van der Waals surface area contributed by atoms with Gasteiger partial charge in [-0.1, -0.05) is 33.6 Å². The van der Waals surface area contributed by atoms with Gasteiger partial charge in [0, 0.05) is 0 Å². The molecule has 0 aliphatic heterocycles. The van der Waals surface area contributed by atoms with E-state index in [2.05, 4.69) is 20.8 Å². The molecular formula is C9H18. The Balaban J connectivity index is 2.13. The molecule has 1 aliphatic rings. The molecule has 1 rings (SSSR count). The van der Waals surface area contributed by atoms with Gasteiger partial charge >= 0.3 is 0 Å². The molecule has 0 N–H and O–H groups in total. The van der Waals surface area contributed by atoms with E-state index in [1.165, 1.54) is 25.7 Å². The van der Waals surface area contributed by atoms with Crippen molar-refractivity contribution in [3.8, 4) is 0 Å². The number of rotatable bonds is 3. The summed E-state index contributed by atoms with van der Waals surface area (Å²) >= 11 is 0. The van der Waals surface area contributed by atoms with E-state index in [4.69, 9.17) is 0 Å². The Bertz CT molecular complexity index is 96.2. The Morgan fingerprint density at radius 2 is 2.11 bits per heavy atom. The summed E-state index contributed by atoms with van der Waals surface area (Å²) in [6.07, 6.45) is 5.74. The van der Waals surface area contributed by atoms with Gasteiger partial charge in [-0.05, 0) is 24.2 Å². The standard InChI is InChI=1S/C9H18/c1-4-5-6-9(3)7-8(9)2/h8H,4-7H2,1-3H3. The molecular weight excluding hydrogens is 108 g/mol. The van der Waals surface area contributed by atoms with Crippen molar-refractivity contribution in [2.45, 2.75) is 46.5 Å². The van der Waals surface area contributed by atoms with Gasteiger partial charge in [0.25, 0.3) is 0 Å². The zero-order valence-corrected chi connectivity index (χ0v) is 6.91. The second-order valence-electron chi connectivity index (χ2n) is 3.86. The molecule has 0 aromatic heterocycles. The van der Waals surface area contributed by atoms with Crippen LogP contribution in [0.15, 0.2) is 0 Å². The molecule has 0 bridgehead atoms. The molecule has 0 heteroatoms. The van der Waals surface area contributed by atoms with Crippen LogP contribution in [0.5, 0.6) is 0 Å². The van der Waals surface area contributed by atoms with Crippen molar-refractivity contribution in [2.24, 2.45) is 11.3 Å². The van der Waals surface area contributed by atoms with Crippen molar-refractivity contribution >= 4 is 0 Å². The van der Waals surface area contributed by atoms with E-state index in [-0.39, 0.29) is 0 Å². The van der Waals surface area contributed by atoms with Crippen LogP contribution >= 0.6 is 0 Å². The molecule has 0 nitrogen and oxygen atoms in total. The molecule has 0 radical (unpaired) electrons. The summed E-state index contributed by atoms with van der Waals surface area (Å²) in [6.45, 7) is 7.07. The first kappa shape index (κ1) is 7.11. The van der Waals surface area contributed by atoms with Gasteiger partial charge in [0.15, 0.2) is 0 Å². The third kappa shape index (κ3) is 1.47. The highest BCUT2D eigenvalue weighted by Gasteiger charge is 2.45. The van der Waals surface area contributed by atoms with E-state index in [9.17, 15) is 0 Å². The molecule has 0 amide bonds. The van der Waals surface area contributed by atoms with Crippen molar-refractivity contribution in [3.63, 3.8) is 0 Å². The van der Waals surface area contributed by atoms with Gasteiger partial charge < -0.3 is 0 Å². The Labute approximate surface area is 58.7 Å². The summed E-state index contributed by atoms with van der Waals surface area (Å²) in [5.74, 6) is 1.02. The Morgan fingerprint density at radius 1 is 1.56 bits per heavy atom. The fourth-order valence-electron chi connectivity index (χ4n) is 1.57. The second-order valence-corrected chi connectivity index (χ2v) is 3.86. The maximum absolute atomic E-state index is 2.42. The van der Waals surface area contributed by atoms with Gasteiger partial charge in [0.05, 0.1) is 0 Å². The Hall–Kier alpha value is 0. The van der Waals surface area contributed by atoms with Crippen LogP contribution in [0.4, 0.5) is 0 Å². The first-order valence-corrected chi connectivity index (χ1v) is 4.19. The molecule has 1 fully saturated rings. The van der Waals surface area contributed by atoms with Crippen LogP contribution in [-0.2, 0) is 0 Å². The number of hydrogen-bond acceptors (Lipinski definition) is 0. The van der Waals surface area contributed by atoms with E-state index in [1.54, 1.807) is 0 Å². The van der Waals surface area contributed by atoms with Crippen LogP contribution in [0.3, 0.4) is 0 Å². The lowest BCUT2D eigenvalue weighted by Gasteiger charge is -2.06. The van der Waals surface area contributed by atoms with Crippen LogP contribution < -0.4 is 0 Å². The predicted octanol–water partition coefficient (Wildman–Crippen LogP) is 3.22. The molecule has 1 aliphatic carbocycles. The lowest BCUT2D eigenvalue weighted by Crippen LogP contribution is -1.94. The van der Waals surface area contributed by atoms with Gasteiger partial charge in [-0.15, -0.1) is 0 Å². The third-order valence-corrected chi connectivity index (χ3v) is 2.90. The molecule has 0 aromatic carbocycles. The SMILES string of the molecule is CCCCC1(C)CC1C. The second kappa shape index (κ2) is 2.32. The van der Waals surface area contributed by atoms with Crippen molar-refractivity contribution in [1.29, 1.82) is 0 Å². The summed E-state index contributed by atoms with van der Waals surface area (Å²) in [7, 11) is 0. The maximum Gasteiger partial charge on any atom is -0.0297 e. The van der Waals surface area contributed by atoms with E-state index in [0.29, 0.717) is 0 Å². The average Bonchev–Trinajstić information content (AvgIpc) is 2.38. The summed E-state index contributed by atoms with van der Waals surface area (Å²) in [6, 6.07) is 0. The van der Waals surface area contributed by atoms with Gasteiger partial charge in [0.1, 0.15) is 0 Å². The van der Waals surface area contributed by atoms with Crippen LogP contribution in [0, 0.1) is 11.3 Å². The summed E-state index contributed by atoms with van der Waals surface area (Å²) in [5.41, 5.74) is 0.760. The highest BCUT2D eigenvalue weighted by atomic mass is 14.5. The summed E-state index contributed by atoms with van der Waals surface area (Å²) in [4.78, 5) is 0. The predicted molar refractivity (Wildman–Crippen MR) is 41.4 cm³/mol. The van der Waals surface area contributed by atoms with Crippen LogP contribution in [-0.4, -0.2) is 0 Å². The van der Waals surface area contributed by atoms with Gasteiger partial charge in [0.2, 0.25) is 0 Å². The minimum Gasteiger partial charge on any atom is -0.0654 e. The van der Waals surface area contributed by atoms with Crippen molar-refractivity contribution in [1.82, 2.24) is 0 Å². The highest BCUT2D eigenvalue weighted by molar-refractivity contribution is 4.95. The molecule has 1 saturated carbocycles. The summed E-state index contributed by atoms with van der Waals surface area (Å²) < 4.78 is 0. The first-order valence-electron chi connectivity index (χ1n) is 4.19.